The first kappa shape index (κ1) is 12.0. The summed E-state index contributed by atoms with van der Waals surface area (Å²) < 4.78 is 3.75. The van der Waals surface area contributed by atoms with Crippen molar-refractivity contribution in [3.63, 3.8) is 0 Å². The molecule has 0 aliphatic rings. The average molecular weight is 297 g/mol. The molecule has 4 heterocycles. The highest BCUT2D eigenvalue weighted by atomic mass is 32.1. The van der Waals surface area contributed by atoms with Crippen LogP contribution in [0.2, 0.25) is 0 Å². The summed E-state index contributed by atoms with van der Waals surface area (Å²) >= 11 is 1.52. The summed E-state index contributed by atoms with van der Waals surface area (Å²) in [5.41, 5.74) is 2.74. The lowest BCUT2D eigenvalue weighted by molar-refractivity contribution is 0.768. The first-order chi connectivity index (χ1) is 10.3. The van der Waals surface area contributed by atoms with Gasteiger partial charge in [-0.2, -0.15) is 5.10 Å². The highest BCUT2D eigenvalue weighted by Crippen LogP contribution is 2.25. The lowest BCUT2D eigenvalue weighted by atomic mass is 10.3. The maximum atomic E-state index is 4.46. The molecule has 104 valence electrons. The zero-order chi connectivity index (χ0) is 14.2. The van der Waals surface area contributed by atoms with Crippen molar-refractivity contribution in [1.82, 2.24) is 29.1 Å². The van der Waals surface area contributed by atoms with E-state index in [4.69, 9.17) is 0 Å². The topological polar surface area (TPSA) is 72.9 Å². The number of fused-ring (bicyclic) bond motifs is 1. The van der Waals surface area contributed by atoms with Gasteiger partial charge in [-0.25, -0.2) is 15.0 Å². The molecule has 7 nitrogen and oxygen atoms in total. The zero-order valence-corrected chi connectivity index (χ0v) is 11.9. The Morgan fingerprint density at radius 3 is 2.86 bits per heavy atom. The molecule has 0 aliphatic carbocycles. The lowest BCUT2D eigenvalue weighted by Crippen LogP contribution is -1.98. The maximum Gasteiger partial charge on any atom is 0.188 e. The zero-order valence-electron chi connectivity index (χ0n) is 11.1. The number of anilines is 2. The third kappa shape index (κ3) is 2.05. The van der Waals surface area contributed by atoms with Crippen molar-refractivity contribution in [2.24, 2.45) is 7.05 Å². The van der Waals surface area contributed by atoms with E-state index in [-0.39, 0.29) is 0 Å². The number of imidazole rings is 1. The molecule has 0 unspecified atom stereocenters. The number of hydrogen-bond acceptors (Lipinski definition) is 6. The van der Waals surface area contributed by atoms with E-state index in [2.05, 4.69) is 25.4 Å². The van der Waals surface area contributed by atoms with Crippen molar-refractivity contribution in [3.05, 3.63) is 42.6 Å². The van der Waals surface area contributed by atoms with E-state index in [1.165, 1.54) is 11.3 Å². The average Bonchev–Trinajstić information content (AvgIpc) is 3.18. The predicted octanol–water partition coefficient (Wildman–Crippen LogP) is 2.33. The van der Waals surface area contributed by atoms with Gasteiger partial charge in [0, 0.05) is 42.8 Å². The Hall–Kier alpha value is -2.74. The number of rotatable bonds is 3. The van der Waals surface area contributed by atoms with Gasteiger partial charge in [-0.3, -0.25) is 9.08 Å². The van der Waals surface area contributed by atoms with Crippen molar-refractivity contribution in [1.29, 1.82) is 0 Å². The Bertz CT molecular complexity index is 890. The largest absolute Gasteiger partial charge is 0.313 e. The smallest absolute Gasteiger partial charge is 0.188 e. The quantitative estimate of drug-likeness (QED) is 0.628. The number of aromatic nitrogens is 6. The Balaban J connectivity index is 1.82. The molecular formula is C13H11N7S. The van der Waals surface area contributed by atoms with Crippen molar-refractivity contribution in [2.75, 3.05) is 5.32 Å². The summed E-state index contributed by atoms with van der Waals surface area (Å²) in [7, 11) is 1.89. The summed E-state index contributed by atoms with van der Waals surface area (Å²) in [6.45, 7) is 0. The van der Waals surface area contributed by atoms with E-state index in [1.54, 1.807) is 17.1 Å². The van der Waals surface area contributed by atoms with Crippen LogP contribution >= 0.6 is 11.3 Å². The fourth-order valence-corrected chi connectivity index (χ4v) is 2.69. The number of hydrogen-bond donors (Lipinski definition) is 1. The van der Waals surface area contributed by atoms with Crippen LogP contribution in [0.1, 0.15) is 0 Å². The van der Waals surface area contributed by atoms with Gasteiger partial charge in [0.15, 0.2) is 16.6 Å². The fraction of sp³-hybridized carbons (Fsp3) is 0.0769. The minimum absolute atomic E-state index is 0.683. The summed E-state index contributed by atoms with van der Waals surface area (Å²) in [4.78, 5) is 13.0. The Labute approximate surface area is 123 Å². The van der Waals surface area contributed by atoms with Gasteiger partial charge < -0.3 is 5.32 Å². The molecule has 4 aromatic rings. The molecule has 4 aromatic heterocycles. The van der Waals surface area contributed by atoms with Crippen molar-refractivity contribution >= 4 is 27.9 Å². The van der Waals surface area contributed by atoms with Crippen LogP contribution in [0.15, 0.2) is 42.6 Å². The minimum atomic E-state index is 0.683. The molecule has 0 fully saturated rings. The summed E-state index contributed by atoms with van der Waals surface area (Å²) in [6, 6.07) is 0. The first-order valence-electron chi connectivity index (χ1n) is 6.29. The molecule has 0 saturated heterocycles. The molecule has 0 radical (unpaired) electrons. The van der Waals surface area contributed by atoms with Crippen LogP contribution in [-0.2, 0) is 7.05 Å². The molecule has 0 atom stereocenters. The van der Waals surface area contributed by atoms with Gasteiger partial charge >= 0.3 is 0 Å². The maximum absolute atomic E-state index is 4.46. The highest BCUT2D eigenvalue weighted by molar-refractivity contribution is 7.13. The van der Waals surface area contributed by atoms with Gasteiger partial charge in [0.05, 0.1) is 18.1 Å². The molecule has 21 heavy (non-hydrogen) atoms. The normalized spacial score (nSPS) is 11.1. The van der Waals surface area contributed by atoms with Gasteiger partial charge in [0.2, 0.25) is 0 Å². The summed E-state index contributed by atoms with van der Waals surface area (Å²) in [6.07, 6.45) is 11.0. The van der Waals surface area contributed by atoms with Crippen LogP contribution in [0.25, 0.3) is 16.9 Å². The number of thiazole rings is 1. The highest BCUT2D eigenvalue weighted by Gasteiger charge is 2.12. The Kier molecular flexibility index (Phi) is 2.68. The van der Waals surface area contributed by atoms with Crippen LogP contribution in [0.3, 0.4) is 0 Å². The minimum Gasteiger partial charge on any atom is -0.313 e. The third-order valence-corrected chi connectivity index (χ3v) is 3.77. The van der Waals surface area contributed by atoms with Crippen molar-refractivity contribution in [2.45, 2.75) is 0 Å². The number of nitrogens with zero attached hydrogens (tertiary/aromatic N) is 6. The van der Waals surface area contributed by atoms with E-state index in [1.807, 2.05) is 41.6 Å². The molecular weight excluding hydrogens is 286 g/mol. The van der Waals surface area contributed by atoms with Crippen LogP contribution in [-0.4, -0.2) is 29.1 Å². The lowest BCUT2D eigenvalue weighted by Gasteiger charge is -2.04. The molecule has 8 heteroatoms. The van der Waals surface area contributed by atoms with Gasteiger partial charge in [0.1, 0.15) is 0 Å². The Morgan fingerprint density at radius 2 is 2.10 bits per heavy atom. The van der Waals surface area contributed by atoms with E-state index in [0.717, 1.165) is 22.0 Å². The van der Waals surface area contributed by atoms with Crippen LogP contribution in [0.5, 0.6) is 0 Å². The second kappa shape index (κ2) is 4.67. The van der Waals surface area contributed by atoms with Gasteiger partial charge in [-0.15, -0.1) is 11.3 Å². The molecule has 1 N–H and O–H groups in total. The van der Waals surface area contributed by atoms with E-state index in [0.29, 0.717) is 5.82 Å². The van der Waals surface area contributed by atoms with Crippen molar-refractivity contribution in [3.8, 4) is 11.3 Å². The molecule has 0 bridgehead atoms. The SMILES string of the molecule is Cn1cc(-c2cnc3c(Nc4nccs4)nccn23)cn1. The Morgan fingerprint density at radius 1 is 1.14 bits per heavy atom. The molecule has 0 aliphatic heterocycles. The monoisotopic (exact) mass is 297 g/mol. The fourth-order valence-electron chi connectivity index (χ4n) is 2.16. The van der Waals surface area contributed by atoms with E-state index in [9.17, 15) is 0 Å². The number of aryl methyl sites for hydroxylation is 1. The van der Waals surface area contributed by atoms with Gasteiger partial charge in [-0.05, 0) is 0 Å². The van der Waals surface area contributed by atoms with Crippen molar-refractivity contribution < 1.29 is 0 Å². The second-order valence-corrected chi connectivity index (χ2v) is 5.37. The summed E-state index contributed by atoms with van der Waals surface area (Å²) in [5, 5.41) is 10.1. The van der Waals surface area contributed by atoms with Gasteiger partial charge in [0.25, 0.3) is 0 Å². The van der Waals surface area contributed by atoms with Gasteiger partial charge in [-0.1, -0.05) is 0 Å². The molecule has 0 spiro atoms. The molecule has 0 saturated carbocycles. The molecule has 4 rings (SSSR count). The first-order valence-corrected chi connectivity index (χ1v) is 7.17. The predicted molar refractivity (Wildman–Crippen MR) is 80.6 cm³/mol. The third-order valence-electron chi connectivity index (χ3n) is 3.09. The molecule has 0 amide bonds. The van der Waals surface area contributed by atoms with Crippen LogP contribution in [0.4, 0.5) is 10.9 Å². The standard InChI is InChI=1S/C13H11N7S/c1-19-8-9(6-17-19)10-7-16-12-11(14-2-4-20(10)12)18-13-15-3-5-21-13/h2-8H,1H3,(H,14,15,18). The van der Waals surface area contributed by atoms with Crippen LogP contribution < -0.4 is 5.32 Å². The number of nitrogens with one attached hydrogen (secondary N) is 1. The second-order valence-electron chi connectivity index (χ2n) is 4.48. The molecule has 0 aromatic carbocycles. The van der Waals surface area contributed by atoms with Crippen LogP contribution in [0, 0.1) is 0 Å². The van der Waals surface area contributed by atoms with E-state index >= 15 is 0 Å². The summed E-state index contributed by atoms with van der Waals surface area (Å²) in [5.74, 6) is 0.683. The van der Waals surface area contributed by atoms with E-state index < -0.39 is 0 Å².